The van der Waals surface area contributed by atoms with Gasteiger partial charge in [0, 0.05) is 10.6 Å². The summed E-state index contributed by atoms with van der Waals surface area (Å²) in [5, 5.41) is 0. The lowest BCUT2D eigenvalue weighted by Crippen LogP contribution is -2.24. The fourth-order valence-corrected chi connectivity index (χ4v) is 3.80. The van der Waals surface area contributed by atoms with E-state index in [4.69, 9.17) is 0 Å². The largest absolute Gasteiger partial charge is 0.416 e. The maximum absolute atomic E-state index is 12.6. The molecule has 0 amide bonds. The molecule has 0 aliphatic rings. The minimum atomic E-state index is -4.27. The number of hydrogen-bond acceptors (Lipinski definition) is 2. The second-order valence-corrected chi connectivity index (χ2v) is 6.04. The third-order valence-electron chi connectivity index (χ3n) is 3.54. The van der Waals surface area contributed by atoms with Crippen molar-refractivity contribution in [2.75, 3.05) is 11.5 Å². The van der Waals surface area contributed by atoms with Gasteiger partial charge in [-0.2, -0.15) is 25.8 Å². The quantitative estimate of drug-likeness (QED) is 0.532. The van der Waals surface area contributed by atoms with Crippen LogP contribution in [-0.2, 0) is 6.18 Å². The van der Waals surface area contributed by atoms with Gasteiger partial charge in [0.25, 0.3) is 0 Å². The van der Waals surface area contributed by atoms with Gasteiger partial charge in [-0.25, -0.2) is 0 Å². The van der Waals surface area contributed by atoms with Crippen LogP contribution in [0.25, 0.3) is 0 Å². The Morgan fingerprint density at radius 3 is 2.26 bits per heavy atom. The van der Waals surface area contributed by atoms with Crippen LogP contribution in [0.15, 0.2) is 29.2 Å². The summed E-state index contributed by atoms with van der Waals surface area (Å²) in [7, 11) is 0. The monoisotopic (exact) mass is 308 g/mol. The van der Waals surface area contributed by atoms with Gasteiger partial charge >= 0.3 is 6.18 Å². The normalized spacial score (nSPS) is 12.7. The lowest BCUT2D eigenvalue weighted by atomic mass is 9.87. The average molecular weight is 308 g/mol. The van der Waals surface area contributed by atoms with Crippen LogP contribution in [0.3, 0.4) is 0 Å². The molecule has 0 aromatic heterocycles. The van der Waals surface area contributed by atoms with E-state index >= 15 is 0 Å². The number of thiol groups is 1. The van der Waals surface area contributed by atoms with E-state index < -0.39 is 11.7 Å². The van der Waals surface area contributed by atoms with Gasteiger partial charge in [0.2, 0.25) is 0 Å². The van der Waals surface area contributed by atoms with Gasteiger partial charge in [-0.1, -0.05) is 19.9 Å². The maximum atomic E-state index is 12.6. The van der Waals surface area contributed by atoms with Crippen molar-refractivity contribution in [1.29, 1.82) is 0 Å². The molecule has 0 nitrogen and oxygen atoms in total. The highest BCUT2D eigenvalue weighted by Gasteiger charge is 2.31. The molecule has 0 aliphatic heterocycles. The molecule has 0 atom stereocenters. The number of rotatable bonds is 6. The highest BCUT2D eigenvalue weighted by atomic mass is 32.2. The van der Waals surface area contributed by atoms with Crippen molar-refractivity contribution in [1.82, 2.24) is 0 Å². The third kappa shape index (κ3) is 4.63. The van der Waals surface area contributed by atoms with Gasteiger partial charge in [-0.3, -0.25) is 0 Å². The molecule has 0 saturated carbocycles. The Hall–Kier alpha value is -0.290. The fraction of sp³-hybridized carbons (Fsp3) is 0.571. The van der Waals surface area contributed by atoms with Gasteiger partial charge < -0.3 is 0 Å². The molecule has 1 rings (SSSR count). The molecule has 0 unspecified atom stereocenters. The molecule has 0 aliphatic carbocycles. The van der Waals surface area contributed by atoms with Gasteiger partial charge in [-0.15, -0.1) is 11.8 Å². The molecule has 1 aromatic rings. The number of halogens is 3. The molecule has 0 radical (unpaired) electrons. The molecule has 0 N–H and O–H groups in total. The first-order valence-electron chi connectivity index (χ1n) is 6.28. The Bertz CT molecular complexity index is 390. The van der Waals surface area contributed by atoms with E-state index in [9.17, 15) is 13.2 Å². The van der Waals surface area contributed by atoms with Gasteiger partial charge in [0.15, 0.2) is 0 Å². The molecule has 0 bridgehead atoms. The summed E-state index contributed by atoms with van der Waals surface area (Å²) < 4.78 is 37.9. The molecule has 0 spiro atoms. The Morgan fingerprint density at radius 1 is 1.16 bits per heavy atom. The zero-order chi connectivity index (χ0) is 14.5. The van der Waals surface area contributed by atoms with E-state index in [-0.39, 0.29) is 5.41 Å². The van der Waals surface area contributed by atoms with Crippen LogP contribution in [-0.4, -0.2) is 11.5 Å². The lowest BCUT2D eigenvalue weighted by molar-refractivity contribution is -0.137. The van der Waals surface area contributed by atoms with Crippen molar-refractivity contribution in [2.45, 2.75) is 37.8 Å². The minimum Gasteiger partial charge on any atom is -0.179 e. The Kier molecular flexibility index (Phi) is 6.12. The van der Waals surface area contributed by atoms with Crippen LogP contribution in [0.5, 0.6) is 0 Å². The zero-order valence-corrected chi connectivity index (χ0v) is 12.8. The zero-order valence-electron chi connectivity index (χ0n) is 11.1. The highest BCUT2D eigenvalue weighted by molar-refractivity contribution is 7.99. The van der Waals surface area contributed by atoms with Gasteiger partial charge in [0.05, 0.1) is 5.56 Å². The van der Waals surface area contributed by atoms with Crippen LogP contribution in [0.4, 0.5) is 13.2 Å². The second-order valence-electron chi connectivity index (χ2n) is 4.68. The maximum Gasteiger partial charge on any atom is 0.416 e. The molecule has 1 aromatic carbocycles. The molecule has 19 heavy (non-hydrogen) atoms. The second kappa shape index (κ2) is 6.93. The Labute approximate surface area is 122 Å². The van der Waals surface area contributed by atoms with Crippen LogP contribution >= 0.6 is 24.4 Å². The van der Waals surface area contributed by atoms with E-state index in [0.29, 0.717) is 4.90 Å². The van der Waals surface area contributed by atoms with Crippen LogP contribution in [0, 0.1) is 5.41 Å². The van der Waals surface area contributed by atoms with Crippen LogP contribution < -0.4 is 0 Å². The van der Waals surface area contributed by atoms with Crippen molar-refractivity contribution >= 4 is 24.4 Å². The van der Waals surface area contributed by atoms with Crippen molar-refractivity contribution in [3.05, 3.63) is 29.8 Å². The molecule has 5 heteroatoms. The molecule has 0 saturated heterocycles. The molecular formula is C14H19F3S2. The van der Waals surface area contributed by atoms with E-state index in [0.717, 1.165) is 30.4 Å². The molecular weight excluding hydrogens is 289 g/mol. The predicted octanol–water partition coefficient (Wildman–Crippen LogP) is 5.53. The van der Waals surface area contributed by atoms with E-state index in [2.05, 4.69) is 26.5 Å². The van der Waals surface area contributed by atoms with E-state index in [1.807, 2.05) is 0 Å². The molecule has 0 fully saturated rings. The number of alkyl halides is 3. The predicted molar refractivity (Wildman–Crippen MR) is 79.0 cm³/mol. The van der Waals surface area contributed by atoms with Gasteiger partial charge in [0.1, 0.15) is 0 Å². The first-order chi connectivity index (χ1) is 8.87. The average Bonchev–Trinajstić information content (AvgIpc) is 2.40. The fourth-order valence-electron chi connectivity index (χ4n) is 1.72. The van der Waals surface area contributed by atoms with Crippen LogP contribution in [0.2, 0.25) is 0 Å². The standard InChI is InChI=1S/C14H19F3S2/c1-3-13(4-2,9-18)10-19-12-7-5-6-11(8-12)14(15,16)17/h5-8,18H,3-4,9-10H2,1-2H3. The van der Waals surface area contributed by atoms with Gasteiger partial charge in [-0.05, 0) is 42.2 Å². The summed E-state index contributed by atoms with van der Waals surface area (Å²) in [5.41, 5.74) is -0.482. The minimum absolute atomic E-state index is 0.0992. The Morgan fingerprint density at radius 2 is 1.79 bits per heavy atom. The van der Waals surface area contributed by atoms with Crippen molar-refractivity contribution in [3.63, 3.8) is 0 Å². The first-order valence-corrected chi connectivity index (χ1v) is 7.89. The topological polar surface area (TPSA) is 0 Å². The van der Waals surface area contributed by atoms with Crippen molar-refractivity contribution in [3.8, 4) is 0 Å². The summed E-state index contributed by atoms with van der Waals surface area (Å²) in [4.78, 5) is 0.669. The summed E-state index contributed by atoms with van der Waals surface area (Å²) in [5.74, 6) is 1.55. The highest BCUT2D eigenvalue weighted by Crippen LogP contribution is 2.37. The molecule has 108 valence electrons. The van der Waals surface area contributed by atoms with E-state index in [1.165, 1.54) is 23.9 Å². The van der Waals surface area contributed by atoms with E-state index in [1.54, 1.807) is 6.07 Å². The summed E-state index contributed by atoms with van der Waals surface area (Å²) in [6, 6.07) is 5.52. The Balaban J connectivity index is 2.78. The third-order valence-corrected chi connectivity index (χ3v) is 5.56. The van der Waals surface area contributed by atoms with Crippen LogP contribution in [0.1, 0.15) is 32.3 Å². The number of benzene rings is 1. The number of thioether (sulfide) groups is 1. The smallest absolute Gasteiger partial charge is 0.179 e. The lowest BCUT2D eigenvalue weighted by Gasteiger charge is -2.29. The first kappa shape index (κ1) is 16.8. The number of hydrogen-bond donors (Lipinski definition) is 1. The summed E-state index contributed by atoms with van der Waals surface area (Å²) >= 11 is 5.86. The summed E-state index contributed by atoms with van der Waals surface area (Å²) in [6.07, 6.45) is -2.30. The summed E-state index contributed by atoms with van der Waals surface area (Å²) in [6.45, 7) is 4.21. The SMILES string of the molecule is CCC(CC)(CS)CSc1cccc(C(F)(F)F)c1. The van der Waals surface area contributed by atoms with Crippen molar-refractivity contribution < 1.29 is 13.2 Å². The van der Waals surface area contributed by atoms with Crippen molar-refractivity contribution in [2.24, 2.45) is 5.41 Å². The molecule has 0 heterocycles.